The summed E-state index contributed by atoms with van der Waals surface area (Å²) in [6.45, 7) is 0.430. The van der Waals surface area contributed by atoms with Crippen molar-refractivity contribution in [2.45, 2.75) is 11.9 Å². The Morgan fingerprint density at radius 1 is 1.00 bits per heavy atom. The SMILES string of the molecule is O=C1CS[C@H](c2cn(Cc3ccccc3F)c3ccccc23)N1c1ccc(Cl)cc1. The fraction of sp³-hybridized carbons (Fsp3) is 0.125. The van der Waals surface area contributed by atoms with Gasteiger partial charge in [-0.05, 0) is 36.4 Å². The van der Waals surface area contributed by atoms with Crippen LogP contribution in [0.2, 0.25) is 5.02 Å². The topological polar surface area (TPSA) is 25.2 Å². The van der Waals surface area contributed by atoms with Crippen molar-refractivity contribution >= 4 is 45.9 Å². The molecule has 4 aromatic rings. The molecule has 1 fully saturated rings. The van der Waals surface area contributed by atoms with Crippen LogP contribution in [-0.4, -0.2) is 16.2 Å². The van der Waals surface area contributed by atoms with Crippen LogP contribution in [0.25, 0.3) is 10.9 Å². The first-order valence-corrected chi connectivity index (χ1v) is 11.0. The summed E-state index contributed by atoms with van der Waals surface area (Å²) in [6.07, 6.45) is 2.05. The Kier molecular flexibility index (Phi) is 5.01. The molecule has 3 aromatic carbocycles. The van der Waals surface area contributed by atoms with Crippen LogP contribution in [-0.2, 0) is 11.3 Å². The summed E-state index contributed by atoms with van der Waals surface area (Å²) in [5.41, 5.74) is 3.53. The Bertz CT molecular complexity index is 1240. The number of rotatable bonds is 4. The predicted molar refractivity (Wildman–Crippen MR) is 122 cm³/mol. The second-order valence-corrected chi connectivity index (χ2v) is 8.73. The van der Waals surface area contributed by atoms with Crippen molar-refractivity contribution in [1.29, 1.82) is 0 Å². The van der Waals surface area contributed by atoms with Gasteiger partial charge in [0, 0.05) is 38.9 Å². The number of anilines is 1. The number of thioether (sulfide) groups is 1. The molecule has 1 atom stereocenters. The highest BCUT2D eigenvalue weighted by Crippen LogP contribution is 2.44. The molecule has 0 spiro atoms. The van der Waals surface area contributed by atoms with Gasteiger partial charge in [0.25, 0.3) is 0 Å². The third-order valence-corrected chi connectivity index (χ3v) is 6.80. The summed E-state index contributed by atoms with van der Waals surface area (Å²) in [5.74, 6) is 0.267. The number of amides is 1. The summed E-state index contributed by atoms with van der Waals surface area (Å²) in [6, 6.07) is 22.2. The lowest BCUT2D eigenvalue weighted by Crippen LogP contribution is -2.27. The summed E-state index contributed by atoms with van der Waals surface area (Å²) in [4.78, 5) is 14.6. The highest BCUT2D eigenvalue weighted by molar-refractivity contribution is 8.00. The van der Waals surface area contributed by atoms with Crippen LogP contribution in [0.1, 0.15) is 16.5 Å². The number of fused-ring (bicyclic) bond motifs is 1. The van der Waals surface area contributed by atoms with E-state index in [1.165, 1.54) is 6.07 Å². The Morgan fingerprint density at radius 3 is 2.53 bits per heavy atom. The van der Waals surface area contributed by atoms with E-state index in [4.69, 9.17) is 11.6 Å². The summed E-state index contributed by atoms with van der Waals surface area (Å²) in [5, 5.41) is 1.56. The molecule has 30 heavy (non-hydrogen) atoms. The maximum atomic E-state index is 14.3. The molecule has 0 radical (unpaired) electrons. The molecule has 6 heteroatoms. The number of benzene rings is 3. The zero-order valence-corrected chi connectivity index (χ0v) is 17.5. The lowest BCUT2D eigenvalue weighted by atomic mass is 10.1. The molecule has 2 heterocycles. The average Bonchev–Trinajstić information content (AvgIpc) is 3.31. The molecule has 1 aliphatic rings. The van der Waals surface area contributed by atoms with Gasteiger partial charge in [-0.25, -0.2) is 4.39 Å². The Morgan fingerprint density at radius 2 is 1.73 bits per heavy atom. The van der Waals surface area contributed by atoms with Crippen LogP contribution in [0.5, 0.6) is 0 Å². The molecule has 0 N–H and O–H groups in total. The van der Waals surface area contributed by atoms with Crippen molar-refractivity contribution in [2.24, 2.45) is 0 Å². The molecular weight excluding hydrogens is 419 g/mol. The second kappa shape index (κ2) is 7.82. The van der Waals surface area contributed by atoms with E-state index in [9.17, 15) is 9.18 Å². The van der Waals surface area contributed by atoms with E-state index in [1.54, 1.807) is 36.0 Å². The minimum Gasteiger partial charge on any atom is -0.343 e. The number of aromatic nitrogens is 1. The van der Waals surface area contributed by atoms with E-state index in [0.717, 1.165) is 22.2 Å². The zero-order valence-electron chi connectivity index (χ0n) is 16.0. The van der Waals surface area contributed by atoms with Crippen LogP contribution in [0.15, 0.2) is 79.0 Å². The van der Waals surface area contributed by atoms with E-state index in [0.29, 0.717) is 22.9 Å². The molecule has 5 rings (SSSR count). The lowest BCUT2D eigenvalue weighted by molar-refractivity contribution is -0.115. The van der Waals surface area contributed by atoms with Crippen molar-refractivity contribution in [3.63, 3.8) is 0 Å². The largest absolute Gasteiger partial charge is 0.343 e. The van der Waals surface area contributed by atoms with Gasteiger partial charge >= 0.3 is 0 Å². The Labute approximate surface area is 183 Å². The number of carbonyl (C=O) groups is 1. The molecule has 0 aliphatic carbocycles. The first-order valence-electron chi connectivity index (χ1n) is 9.62. The third-order valence-electron chi connectivity index (χ3n) is 5.36. The highest BCUT2D eigenvalue weighted by Gasteiger charge is 2.35. The molecule has 0 bridgehead atoms. The normalized spacial score (nSPS) is 16.5. The number of halogens is 2. The van der Waals surface area contributed by atoms with Gasteiger partial charge in [-0.2, -0.15) is 0 Å². The zero-order chi connectivity index (χ0) is 20.7. The van der Waals surface area contributed by atoms with Crippen molar-refractivity contribution in [2.75, 3.05) is 10.7 Å². The van der Waals surface area contributed by atoms with Gasteiger partial charge < -0.3 is 4.57 Å². The predicted octanol–water partition coefficient (Wildman–Crippen LogP) is 6.26. The molecule has 150 valence electrons. The maximum Gasteiger partial charge on any atom is 0.238 e. The van der Waals surface area contributed by atoms with E-state index in [-0.39, 0.29) is 17.1 Å². The van der Waals surface area contributed by atoms with Crippen molar-refractivity contribution in [3.8, 4) is 0 Å². The van der Waals surface area contributed by atoms with Gasteiger partial charge in [0.1, 0.15) is 11.2 Å². The molecule has 0 saturated carbocycles. The molecule has 1 aromatic heterocycles. The molecule has 3 nitrogen and oxygen atoms in total. The van der Waals surface area contributed by atoms with E-state index in [2.05, 4.69) is 16.8 Å². The summed E-state index contributed by atoms with van der Waals surface area (Å²) >= 11 is 7.64. The second-order valence-electron chi connectivity index (χ2n) is 7.22. The van der Waals surface area contributed by atoms with Gasteiger partial charge in [0.2, 0.25) is 5.91 Å². The standard InChI is InChI=1S/C24H18ClFN2OS/c25-17-9-11-18(12-10-17)28-23(29)15-30-24(28)20-14-27(22-8-4-2-6-19(20)22)13-16-5-1-3-7-21(16)26/h1-12,14,24H,13,15H2/t24-/m1/s1. The Hall–Kier alpha value is -2.76. The Balaban J connectivity index is 1.59. The van der Waals surface area contributed by atoms with Crippen LogP contribution in [0, 0.1) is 5.82 Å². The number of para-hydroxylation sites is 1. The lowest BCUT2D eigenvalue weighted by Gasteiger charge is -2.24. The number of nitrogens with zero attached hydrogens (tertiary/aromatic N) is 2. The number of hydrogen-bond donors (Lipinski definition) is 0. The fourth-order valence-electron chi connectivity index (χ4n) is 3.95. The van der Waals surface area contributed by atoms with Crippen LogP contribution in [0.4, 0.5) is 10.1 Å². The molecule has 0 unspecified atom stereocenters. The van der Waals surface area contributed by atoms with E-state index in [1.807, 2.05) is 41.3 Å². The monoisotopic (exact) mass is 436 g/mol. The van der Waals surface area contributed by atoms with Crippen molar-refractivity contribution in [3.05, 3.63) is 101 Å². The number of hydrogen-bond acceptors (Lipinski definition) is 2. The van der Waals surface area contributed by atoms with Gasteiger partial charge in [0.05, 0.1) is 12.3 Å². The smallest absolute Gasteiger partial charge is 0.238 e. The average molecular weight is 437 g/mol. The summed E-state index contributed by atoms with van der Waals surface area (Å²) in [7, 11) is 0. The van der Waals surface area contributed by atoms with E-state index >= 15 is 0 Å². The van der Waals surface area contributed by atoms with E-state index < -0.39 is 0 Å². The minimum absolute atomic E-state index is 0.0678. The molecule has 1 amide bonds. The van der Waals surface area contributed by atoms with Crippen LogP contribution in [0.3, 0.4) is 0 Å². The third kappa shape index (κ3) is 3.38. The summed E-state index contributed by atoms with van der Waals surface area (Å²) < 4.78 is 16.3. The minimum atomic E-state index is -0.218. The fourth-order valence-corrected chi connectivity index (χ4v) is 5.27. The van der Waals surface area contributed by atoms with Crippen LogP contribution < -0.4 is 4.90 Å². The quantitative estimate of drug-likeness (QED) is 0.377. The van der Waals surface area contributed by atoms with Crippen molar-refractivity contribution in [1.82, 2.24) is 4.57 Å². The maximum absolute atomic E-state index is 14.3. The van der Waals surface area contributed by atoms with Crippen LogP contribution >= 0.6 is 23.4 Å². The van der Waals surface area contributed by atoms with Gasteiger partial charge in [-0.3, -0.25) is 9.69 Å². The van der Waals surface area contributed by atoms with Gasteiger partial charge in [-0.15, -0.1) is 11.8 Å². The first kappa shape index (κ1) is 19.2. The first-order chi connectivity index (χ1) is 14.6. The van der Waals surface area contributed by atoms with Gasteiger partial charge in [-0.1, -0.05) is 48.0 Å². The molecule has 1 aliphatic heterocycles. The molecular formula is C24H18ClFN2OS. The highest BCUT2D eigenvalue weighted by atomic mass is 35.5. The van der Waals surface area contributed by atoms with Crippen molar-refractivity contribution < 1.29 is 9.18 Å². The van der Waals surface area contributed by atoms with Gasteiger partial charge in [0.15, 0.2) is 0 Å². The molecule has 1 saturated heterocycles. The number of carbonyl (C=O) groups excluding carboxylic acids is 1.